The number of aromatic nitrogens is 2. The monoisotopic (exact) mass is 556 g/mol. The molecule has 12 heteroatoms. The van der Waals surface area contributed by atoms with E-state index < -0.39 is 31.7 Å². The molecular formula is C26H24N2O8S2. The van der Waals surface area contributed by atoms with Crippen LogP contribution < -0.4 is 10.9 Å². The Balaban J connectivity index is 1.84. The lowest BCUT2D eigenvalue weighted by Crippen LogP contribution is -2.17. The maximum absolute atomic E-state index is 13.6. The van der Waals surface area contributed by atoms with Gasteiger partial charge in [0.05, 0.1) is 33.6 Å². The van der Waals surface area contributed by atoms with Crippen LogP contribution in [0.15, 0.2) is 70.3 Å². The fraction of sp³-hybridized carbons (Fsp3) is 0.231. The van der Waals surface area contributed by atoms with Gasteiger partial charge in [0.1, 0.15) is 0 Å². The zero-order chi connectivity index (χ0) is 27.2. The van der Waals surface area contributed by atoms with Gasteiger partial charge in [-0.3, -0.25) is 18.7 Å². The average Bonchev–Trinajstić information content (AvgIpc) is 2.86. The average molecular weight is 557 g/mol. The molecule has 0 radical (unpaired) electrons. The number of rotatable bonds is 8. The van der Waals surface area contributed by atoms with Gasteiger partial charge in [-0.15, -0.1) is 0 Å². The van der Waals surface area contributed by atoms with E-state index in [1.807, 2.05) is 0 Å². The van der Waals surface area contributed by atoms with Gasteiger partial charge in [-0.2, -0.15) is 16.8 Å². The number of fused-ring (bicyclic) bond motifs is 4. The van der Waals surface area contributed by atoms with Crippen molar-refractivity contribution in [1.29, 1.82) is 0 Å². The first-order valence-corrected chi connectivity index (χ1v) is 15.1. The molecule has 0 amide bonds. The van der Waals surface area contributed by atoms with E-state index >= 15 is 0 Å². The number of pyridine rings is 2. The van der Waals surface area contributed by atoms with Crippen molar-refractivity contribution in [3.8, 4) is 0 Å². The van der Waals surface area contributed by atoms with Crippen LogP contribution in [0.25, 0.3) is 43.6 Å². The smallest absolute Gasteiger partial charge is 0.264 e. The van der Waals surface area contributed by atoms with Crippen LogP contribution in [-0.2, 0) is 33.3 Å². The molecule has 0 unspecified atom stereocenters. The largest absolute Gasteiger partial charge is 0.340 e. The highest BCUT2D eigenvalue weighted by Gasteiger charge is 2.17. The summed E-state index contributed by atoms with van der Waals surface area (Å²) in [6.45, 7) is 0.331. The van der Waals surface area contributed by atoms with Crippen molar-refractivity contribution in [3.05, 3.63) is 81.1 Å². The summed E-state index contributed by atoms with van der Waals surface area (Å²) in [6, 6.07) is 17.0. The van der Waals surface area contributed by atoms with E-state index in [2.05, 4.69) is 0 Å². The zero-order valence-electron chi connectivity index (χ0n) is 20.1. The van der Waals surface area contributed by atoms with Crippen LogP contribution in [0, 0.1) is 0 Å². The summed E-state index contributed by atoms with van der Waals surface area (Å²) in [5, 5.41) is 1.43. The maximum atomic E-state index is 13.6. The third-order valence-electron chi connectivity index (χ3n) is 6.63. The van der Waals surface area contributed by atoms with Gasteiger partial charge in [0.2, 0.25) is 0 Å². The highest BCUT2D eigenvalue weighted by molar-refractivity contribution is 7.86. The third kappa shape index (κ3) is 4.95. The van der Waals surface area contributed by atoms with Gasteiger partial charge in [-0.1, -0.05) is 24.3 Å². The van der Waals surface area contributed by atoms with Crippen molar-refractivity contribution in [2.75, 3.05) is 11.5 Å². The molecule has 198 valence electrons. The minimum absolute atomic E-state index is 0.0798. The second kappa shape index (κ2) is 9.62. The first-order valence-electron chi connectivity index (χ1n) is 11.9. The second-order valence-corrected chi connectivity index (χ2v) is 12.3. The number of para-hydroxylation sites is 2. The Bertz CT molecular complexity index is 1930. The SMILES string of the molecule is O=c1c2ccccc2n(CCCS(=O)(=O)O)c2cc3c(=O)c4ccccc4n(CCCS(=O)(=O)O)c3cc12. The molecule has 2 N–H and O–H groups in total. The van der Waals surface area contributed by atoms with Crippen LogP contribution in [-0.4, -0.2) is 46.6 Å². The van der Waals surface area contributed by atoms with Crippen molar-refractivity contribution < 1.29 is 25.9 Å². The highest BCUT2D eigenvalue weighted by Crippen LogP contribution is 2.27. The molecular weight excluding hydrogens is 532 g/mol. The minimum atomic E-state index is -4.19. The van der Waals surface area contributed by atoms with Gasteiger partial charge in [-0.25, -0.2) is 0 Å². The second-order valence-electron chi connectivity index (χ2n) is 9.16. The van der Waals surface area contributed by atoms with Crippen LogP contribution in [0.2, 0.25) is 0 Å². The van der Waals surface area contributed by atoms with Crippen molar-refractivity contribution in [2.24, 2.45) is 0 Å². The van der Waals surface area contributed by atoms with E-state index in [0.717, 1.165) is 0 Å². The maximum Gasteiger partial charge on any atom is 0.264 e. The number of benzene rings is 3. The zero-order valence-corrected chi connectivity index (χ0v) is 21.7. The van der Waals surface area contributed by atoms with Crippen LogP contribution in [0.4, 0.5) is 0 Å². The fourth-order valence-corrected chi connectivity index (χ4v) is 6.02. The predicted octanol–water partition coefficient (Wildman–Crippen LogP) is 3.18. The quantitative estimate of drug-likeness (QED) is 0.218. The molecule has 0 saturated heterocycles. The van der Waals surface area contributed by atoms with Crippen LogP contribution in [0.1, 0.15) is 12.8 Å². The summed E-state index contributed by atoms with van der Waals surface area (Å²) in [5.41, 5.74) is 1.46. The molecule has 2 heterocycles. The summed E-state index contributed by atoms with van der Waals surface area (Å²) in [5.74, 6) is -0.929. The number of hydrogen-bond acceptors (Lipinski definition) is 6. The van der Waals surface area contributed by atoms with Gasteiger partial charge in [0.15, 0.2) is 10.9 Å². The van der Waals surface area contributed by atoms with Crippen molar-refractivity contribution >= 4 is 63.8 Å². The van der Waals surface area contributed by atoms with E-state index in [4.69, 9.17) is 0 Å². The summed E-state index contributed by atoms with van der Waals surface area (Å²) in [7, 11) is -8.38. The first-order chi connectivity index (χ1) is 17.9. The molecule has 2 aromatic heterocycles. The van der Waals surface area contributed by atoms with E-state index in [-0.39, 0.29) is 36.8 Å². The Labute approximate surface area is 217 Å². The molecule has 0 spiro atoms. The Morgan fingerprint density at radius 2 is 0.921 bits per heavy atom. The van der Waals surface area contributed by atoms with Gasteiger partial charge in [0.25, 0.3) is 20.2 Å². The lowest BCUT2D eigenvalue weighted by molar-refractivity contribution is 0.476. The number of nitrogens with zero attached hydrogens (tertiary/aromatic N) is 2. The molecule has 0 aliphatic rings. The lowest BCUT2D eigenvalue weighted by Gasteiger charge is -2.19. The molecule has 0 saturated carbocycles. The van der Waals surface area contributed by atoms with E-state index in [1.165, 1.54) is 0 Å². The molecule has 0 aliphatic carbocycles. The Morgan fingerprint density at radius 1 is 0.553 bits per heavy atom. The number of hydrogen-bond donors (Lipinski definition) is 2. The fourth-order valence-electron chi connectivity index (χ4n) is 5.03. The molecule has 0 atom stereocenters. The summed E-state index contributed by atoms with van der Waals surface area (Å²) < 4.78 is 67.3. The Kier molecular flexibility index (Phi) is 6.59. The minimum Gasteiger partial charge on any atom is -0.340 e. The van der Waals surface area contributed by atoms with Crippen LogP contribution >= 0.6 is 0 Å². The van der Waals surface area contributed by atoms with E-state index in [9.17, 15) is 35.5 Å². The highest BCUT2D eigenvalue weighted by atomic mass is 32.2. The molecule has 5 aromatic rings. The molecule has 0 fully saturated rings. The summed E-state index contributed by atoms with van der Waals surface area (Å²) in [4.78, 5) is 27.1. The molecule has 3 aromatic carbocycles. The molecule has 10 nitrogen and oxygen atoms in total. The van der Waals surface area contributed by atoms with Gasteiger partial charge >= 0.3 is 0 Å². The molecule has 38 heavy (non-hydrogen) atoms. The lowest BCUT2D eigenvalue weighted by atomic mass is 10.0. The predicted molar refractivity (Wildman–Crippen MR) is 147 cm³/mol. The summed E-state index contributed by atoms with van der Waals surface area (Å²) >= 11 is 0. The van der Waals surface area contributed by atoms with Crippen molar-refractivity contribution in [2.45, 2.75) is 25.9 Å². The normalized spacial score (nSPS) is 12.7. The van der Waals surface area contributed by atoms with E-state index in [1.54, 1.807) is 69.8 Å². The van der Waals surface area contributed by atoms with Crippen molar-refractivity contribution in [1.82, 2.24) is 9.13 Å². The van der Waals surface area contributed by atoms with Crippen LogP contribution in [0.3, 0.4) is 0 Å². The van der Waals surface area contributed by atoms with E-state index in [0.29, 0.717) is 43.6 Å². The van der Waals surface area contributed by atoms with Crippen molar-refractivity contribution in [3.63, 3.8) is 0 Å². The molecule has 0 aliphatic heterocycles. The number of aryl methyl sites for hydroxylation is 2. The third-order valence-corrected chi connectivity index (χ3v) is 8.24. The van der Waals surface area contributed by atoms with Gasteiger partial charge < -0.3 is 9.13 Å². The topological polar surface area (TPSA) is 153 Å². The molecule has 5 rings (SSSR count). The standard InChI is InChI=1S/C26H24N2O8S2/c29-25-17-7-1-3-9-21(17)27(11-5-13-37(31,32)33)23-16-20-24(15-19(23)25)28(12-6-14-38(34,35)36)22-10-4-2-8-18(22)26(20)30/h1-4,7-10,15-16H,5-6,11-14H2,(H,31,32,33)(H,34,35,36). The van der Waals surface area contributed by atoms with Crippen LogP contribution in [0.5, 0.6) is 0 Å². The van der Waals surface area contributed by atoms with Gasteiger partial charge in [-0.05, 0) is 49.2 Å². The van der Waals surface area contributed by atoms with Gasteiger partial charge in [0, 0.05) is 34.6 Å². The molecule has 0 bridgehead atoms. The Morgan fingerprint density at radius 3 is 1.29 bits per heavy atom. The summed E-state index contributed by atoms with van der Waals surface area (Å²) in [6.07, 6.45) is 0.160. The Hall–Kier alpha value is -3.58. The first kappa shape index (κ1) is 26.0.